The zero-order chi connectivity index (χ0) is 58.4. The Morgan fingerprint density at radius 3 is 0.802 bits per heavy atom. The van der Waals surface area contributed by atoms with E-state index < -0.39 is 6.10 Å². The lowest BCUT2D eigenvalue weighted by atomic mass is 10.0. The molecule has 0 saturated heterocycles. The van der Waals surface area contributed by atoms with Crippen molar-refractivity contribution in [3.05, 3.63) is 97.2 Å². The van der Waals surface area contributed by atoms with Crippen molar-refractivity contribution in [2.75, 3.05) is 13.2 Å². The normalized spacial score (nSPS) is 12.8. The average molecular weight is 1130 g/mol. The first kappa shape index (κ1) is 77.8. The molecule has 0 rings (SSSR count). The molecule has 1 unspecified atom stereocenters. The Kier molecular flexibility index (Phi) is 68.3. The second kappa shape index (κ2) is 71.1. The number of aliphatic hydroxyl groups is 1. The van der Waals surface area contributed by atoms with Crippen molar-refractivity contribution in [2.24, 2.45) is 0 Å². The van der Waals surface area contributed by atoms with Gasteiger partial charge < -0.3 is 14.6 Å². The van der Waals surface area contributed by atoms with Gasteiger partial charge in [-0.3, -0.25) is 9.59 Å². The fraction of sp³-hybridized carbons (Fsp3) is 0.763. The topological polar surface area (TPSA) is 72.8 Å². The molecule has 0 aromatic rings. The van der Waals surface area contributed by atoms with Crippen LogP contribution in [0, 0.1) is 0 Å². The van der Waals surface area contributed by atoms with Crippen molar-refractivity contribution in [3.8, 4) is 0 Å². The van der Waals surface area contributed by atoms with Crippen molar-refractivity contribution in [3.63, 3.8) is 0 Å². The minimum Gasteiger partial charge on any atom is -0.462 e. The zero-order valence-electron chi connectivity index (χ0n) is 53.8. The fourth-order valence-electron chi connectivity index (χ4n) is 10.4. The van der Waals surface area contributed by atoms with Crippen molar-refractivity contribution in [2.45, 2.75) is 360 Å². The maximum Gasteiger partial charge on any atom is 0.306 e. The molecule has 1 atom stereocenters. The SMILES string of the molecule is CC/C=C\C/C=C\C/C=C\C/C=C\C/C=C\C/C=C\C/C=C\C/C=C\CCCCCCC(=O)OC(CO)COC(=O)CCCCCCCCCCCCCCCCCCCCCCCCCCCCCCCCCCCCCCCC. The van der Waals surface area contributed by atoms with Gasteiger partial charge >= 0.3 is 11.9 Å². The number of esters is 2. The predicted octanol–water partition coefficient (Wildman–Crippen LogP) is 24.6. The zero-order valence-corrected chi connectivity index (χ0v) is 53.8. The fourth-order valence-corrected chi connectivity index (χ4v) is 10.4. The monoisotopic (exact) mass is 1130 g/mol. The highest BCUT2D eigenvalue weighted by molar-refractivity contribution is 5.70. The van der Waals surface area contributed by atoms with Crippen LogP contribution < -0.4 is 0 Å². The lowest BCUT2D eigenvalue weighted by Gasteiger charge is -2.15. The molecule has 0 saturated carbocycles. The van der Waals surface area contributed by atoms with Gasteiger partial charge in [0, 0.05) is 12.8 Å². The standard InChI is InChI=1S/C76H134O5/c1-3-5-7-9-11-13-15-17-19-21-23-25-27-29-31-33-34-35-36-37-38-39-40-41-43-44-46-48-50-52-54-56-58-60-62-64-66-68-70-75(78)80-73-74(72-77)81-76(79)71-69-67-65-63-61-59-57-55-53-51-49-47-45-42-32-30-28-26-24-22-20-18-16-14-12-10-8-6-4-2/h6,8,12,14,18,20,24,26,30,32,45,47,51,53,57,59,74,77H,3-5,7,9-11,13,15-17,19,21-23,25,27-29,31,33-44,46,48-50,52,54-56,58,60-73H2,1-2H3/b8-6-,14-12-,20-18-,26-24-,32-30-,47-45-,53-51-,59-57-. The largest absolute Gasteiger partial charge is 0.462 e. The van der Waals surface area contributed by atoms with Gasteiger partial charge in [-0.05, 0) is 77.0 Å². The Balaban J connectivity index is 3.46. The summed E-state index contributed by atoms with van der Waals surface area (Å²) in [6.07, 6.45) is 102. The molecular weight excluding hydrogens is 993 g/mol. The van der Waals surface area contributed by atoms with Gasteiger partial charge in [0.1, 0.15) is 6.61 Å². The molecule has 0 aliphatic carbocycles. The van der Waals surface area contributed by atoms with Crippen LogP contribution in [-0.2, 0) is 19.1 Å². The van der Waals surface area contributed by atoms with E-state index in [1.54, 1.807) is 0 Å². The van der Waals surface area contributed by atoms with Crippen LogP contribution in [0.1, 0.15) is 354 Å². The molecule has 0 spiro atoms. The summed E-state index contributed by atoms with van der Waals surface area (Å²) in [6.45, 7) is 4.04. The molecule has 0 amide bonds. The number of rotatable bonds is 65. The van der Waals surface area contributed by atoms with E-state index in [0.717, 1.165) is 103 Å². The highest BCUT2D eigenvalue weighted by Gasteiger charge is 2.16. The van der Waals surface area contributed by atoms with E-state index in [9.17, 15) is 14.7 Å². The van der Waals surface area contributed by atoms with Gasteiger partial charge in [0.25, 0.3) is 0 Å². The van der Waals surface area contributed by atoms with Gasteiger partial charge in [-0.15, -0.1) is 0 Å². The number of aliphatic hydroxyl groups excluding tert-OH is 1. The quantitative estimate of drug-likeness (QED) is 0.0373. The number of ether oxygens (including phenoxy) is 2. The van der Waals surface area contributed by atoms with Crippen molar-refractivity contribution < 1.29 is 24.2 Å². The van der Waals surface area contributed by atoms with Crippen LogP contribution in [-0.4, -0.2) is 36.4 Å². The molecule has 468 valence electrons. The van der Waals surface area contributed by atoms with Gasteiger partial charge in [-0.2, -0.15) is 0 Å². The lowest BCUT2D eigenvalue weighted by Crippen LogP contribution is -2.28. The molecular formula is C76H134O5. The summed E-state index contributed by atoms with van der Waals surface area (Å²) in [6, 6.07) is 0. The van der Waals surface area contributed by atoms with Crippen LogP contribution in [0.3, 0.4) is 0 Å². The first-order chi connectivity index (χ1) is 40.1. The van der Waals surface area contributed by atoms with Crippen LogP contribution >= 0.6 is 0 Å². The minimum absolute atomic E-state index is 0.0785. The molecule has 0 radical (unpaired) electrons. The van der Waals surface area contributed by atoms with Crippen LogP contribution in [0.5, 0.6) is 0 Å². The van der Waals surface area contributed by atoms with Crippen molar-refractivity contribution in [1.29, 1.82) is 0 Å². The number of allylic oxidation sites excluding steroid dienone is 16. The summed E-state index contributed by atoms with van der Waals surface area (Å²) < 4.78 is 10.7. The third-order valence-corrected chi connectivity index (χ3v) is 15.6. The number of hydrogen-bond donors (Lipinski definition) is 1. The molecule has 0 aromatic heterocycles. The Hall–Kier alpha value is -3.18. The van der Waals surface area contributed by atoms with Gasteiger partial charge in [0.05, 0.1) is 6.61 Å². The maximum atomic E-state index is 12.3. The summed E-state index contributed by atoms with van der Waals surface area (Å²) in [5, 5.41) is 9.69. The summed E-state index contributed by atoms with van der Waals surface area (Å²) in [5.74, 6) is -0.611. The maximum absolute atomic E-state index is 12.3. The highest BCUT2D eigenvalue weighted by atomic mass is 16.6. The van der Waals surface area contributed by atoms with Crippen LogP contribution in [0.4, 0.5) is 0 Å². The van der Waals surface area contributed by atoms with E-state index in [1.807, 2.05) is 0 Å². The Morgan fingerprint density at radius 1 is 0.296 bits per heavy atom. The molecule has 5 heteroatoms. The summed E-state index contributed by atoms with van der Waals surface area (Å²) in [7, 11) is 0. The van der Waals surface area contributed by atoms with E-state index >= 15 is 0 Å². The van der Waals surface area contributed by atoms with Gasteiger partial charge in [-0.25, -0.2) is 0 Å². The molecule has 5 nitrogen and oxygen atoms in total. The van der Waals surface area contributed by atoms with E-state index in [1.165, 1.54) is 225 Å². The predicted molar refractivity (Wildman–Crippen MR) is 357 cm³/mol. The first-order valence-corrected chi connectivity index (χ1v) is 35.3. The number of hydrogen-bond acceptors (Lipinski definition) is 5. The second-order valence-electron chi connectivity index (χ2n) is 23.6. The highest BCUT2D eigenvalue weighted by Crippen LogP contribution is 2.18. The molecule has 81 heavy (non-hydrogen) atoms. The molecule has 0 bridgehead atoms. The summed E-state index contributed by atoms with van der Waals surface area (Å²) in [4.78, 5) is 24.6. The summed E-state index contributed by atoms with van der Waals surface area (Å²) in [5.41, 5.74) is 0. The smallest absolute Gasteiger partial charge is 0.306 e. The van der Waals surface area contributed by atoms with E-state index in [0.29, 0.717) is 12.8 Å². The Labute approximate surface area is 504 Å². The lowest BCUT2D eigenvalue weighted by molar-refractivity contribution is -0.161. The van der Waals surface area contributed by atoms with Gasteiger partial charge in [0.15, 0.2) is 6.10 Å². The molecule has 0 heterocycles. The molecule has 0 aliphatic heterocycles. The molecule has 0 aromatic carbocycles. The second-order valence-corrected chi connectivity index (χ2v) is 23.6. The average Bonchev–Trinajstić information content (AvgIpc) is 3.47. The third-order valence-electron chi connectivity index (χ3n) is 15.6. The van der Waals surface area contributed by atoms with E-state index in [-0.39, 0.29) is 25.2 Å². The third kappa shape index (κ3) is 69.2. The van der Waals surface area contributed by atoms with Crippen LogP contribution in [0.15, 0.2) is 97.2 Å². The van der Waals surface area contributed by atoms with E-state index in [4.69, 9.17) is 9.47 Å². The van der Waals surface area contributed by atoms with Crippen molar-refractivity contribution >= 4 is 11.9 Å². The molecule has 1 N–H and O–H groups in total. The first-order valence-electron chi connectivity index (χ1n) is 35.3. The number of unbranched alkanes of at least 4 members (excludes halogenated alkanes) is 41. The summed E-state index contributed by atoms with van der Waals surface area (Å²) >= 11 is 0. The van der Waals surface area contributed by atoms with E-state index in [2.05, 4.69) is 111 Å². The van der Waals surface area contributed by atoms with Gasteiger partial charge in [0.2, 0.25) is 0 Å². The number of carbonyl (C=O) groups is 2. The number of carbonyl (C=O) groups excluding carboxylic acids is 2. The van der Waals surface area contributed by atoms with Crippen LogP contribution in [0.2, 0.25) is 0 Å². The molecule has 0 fully saturated rings. The molecule has 0 aliphatic rings. The Morgan fingerprint density at radius 2 is 0.531 bits per heavy atom. The van der Waals surface area contributed by atoms with Gasteiger partial charge in [-0.1, -0.05) is 361 Å². The Bertz CT molecular complexity index is 1510. The van der Waals surface area contributed by atoms with Crippen molar-refractivity contribution in [1.82, 2.24) is 0 Å². The minimum atomic E-state index is -0.793. The van der Waals surface area contributed by atoms with Crippen LogP contribution in [0.25, 0.3) is 0 Å².